The van der Waals surface area contributed by atoms with Gasteiger partial charge in [0.25, 0.3) is 5.91 Å². The highest BCUT2D eigenvalue weighted by atomic mass is 16.3. The van der Waals surface area contributed by atoms with Gasteiger partial charge in [0.1, 0.15) is 0 Å². The quantitative estimate of drug-likeness (QED) is 0.563. The maximum absolute atomic E-state index is 12.3. The van der Waals surface area contributed by atoms with Gasteiger partial charge in [-0.1, -0.05) is 6.07 Å². The number of likely N-dealkylation sites (N-methyl/N-ethyl adjacent to an activating group) is 2. The summed E-state index contributed by atoms with van der Waals surface area (Å²) in [5.41, 5.74) is 0.595. The average Bonchev–Trinajstić information content (AvgIpc) is 2.46. The number of aromatic hydroxyl groups is 1. The molecule has 23 heavy (non-hydrogen) atoms. The summed E-state index contributed by atoms with van der Waals surface area (Å²) < 4.78 is 0.683. The highest BCUT2D eigenvalue weighted by molar-refractivity contribution is 5.97. The van der Waals surface area contributed by atoms with Gasteiger partial charge in [0.05, 0.1) is 31.5 Å². The van der Waals surface area contributed by atoms with Crippen molar-refractivity contribution in [3.8, 4) is 5.75 Å². The number of para-hydroxylation sites is 1. The summed E-state index contributed by atoms with van der Waals surface area (Å²) in [5.74, 6) is -0.552. The highest BCUT2D eigenvalue weighted by Crippen LogP contribution is 2.31. The van der Waals surface area contributed by atoms with Crippen molar-refractivity contribution in [2.75, 3.05) is 57.5 Å². The Morgan fingerprint density at radius 3 is 2.35 bits per heavy atom. The largest absolute Gasteiger partial charge is 0.504 e. The van der Waals surface area contributed by atoms with Crippen molar-refractivity contribution in [1.82, 2.24) is 4.90 Å². The second kappa shape index (κ2) is 6.97. The molecule has 7 heteroatoms. The van der Waals surface area contributed by atoms with Crippen molar-refractivity contribution in [2.24, 2.45) is 0 Å². The molecular weight excluding hydrogens is 296 g/mol. The summed E-state index contributed by atoms with van der Waals surface area (Å²) in [5, 5.41) is 15.4. The molecule has 1 aliphatic rings. The second-order valence-corrected chi connectivity index (χ2v) is 6.46. The molecule has 0 radical (unpaired) electrons. The Morgan fingerprint density at radius 2 is 1.78 bits per heavy atom. The number of nitrogens with one attached hydrogen (secondary N) is 2. The van der Waals surface area contributed by atoms with E-state index in [1.165, 1.54) is 6.92 Å². The number of benzene rings is 1. The fourth-order valence-corrected chi connectivity index (χ4v) is 2.68. The molecule has 0 aromatic heterocycles. The van der Waals surface area contributed by atoms with Crippen LogP contribution >= 0.6 is 0 Å². The molecule has 0 bridgehead atoms. The fraction of sp³-hybridized carbons (Fsp3) is 0.500. The van der Waals surface area contributed by atoms with Crippen LogP contribution in [0, 0.1) is 0 Å². The van der Waals surface area contributed by atoms with Crippen molar-refractivity contribution < 1.29 is 19.2 Å². The molecular formula is C16H25N4O3+. The van der Waals surface area contributed by atoms with Gasteiger partial charge in [0.15, 0.2) is 12.3 Å². The number of anilines is 2. The van der Waals surface area contributed by atoms with Crippen molar-refractivity contribution in [3.05, 3.63) is 18.2 Å². The van der Waals surface area contributed by atoms with Crippen LogP contribution in [0.25, 0.3) is 0 Å². The summed E-state index contributed by atoms with van der Waals surface area (Å²) in [6.07, 6.45) is 0. The number of rotatable bonds is 4. The predicted octanol–water partition coefficient (Wildman–Crippen LogP) is 0.681. The van der Waals surface area contributed by atoms with Gasteiger partial charge in [-0.15, -0.1) is 0 Å². The van der Waals surface area contributed by atoms with Crippen LogP contribution in [-0.2, 0) is 9.59 Å². The lowest BCUT2D eigenvalue weighted by Crippen LogP contribution is -2.58. The molecule has 2 amide bonds. The van der Waals surface area contributed by atoms with E-state index in [1.807, 2.05) is 0 Å². The van der Waals surface area contributed by atoms with Gasteiger partial charge in [-0.25, -0.2) is 0 Å². The zero-order valence-electron chi connectivity index (χ0n) is 13.9. The normalized spacial score (nSPS) is 17.5. The molecule has 1 heterocycles. The molecule has 0 unspecified atom stereocenters. The Morgan fingerprint density at radius 1 is 1.22 bits per heavy atom. The summed E-state index contributed by atoms with van der Waals surface area (Å²) in [7, 11) is 4.15. The first kappa shape index (κ1) is 17.2. The van der Waals surface area contributed by atoms with Crippen LogP contribution in [0.3, 0.4) is 0 Å². The van der Waals surface area contributed by atoms with Crippen molar-refractivity contribution in [1.29, 1.82) is 0 Å². The number of nitrogens with zero attached hydrogens (tertiary/aromatic N) is 2. The van der Waals surface area contributed by atoms with Crippen molar-refractivity contribution in [3.63, 3.8) is 0 Å². The SMILES string of the molecule is CC(=O)Nc1cccc(NC(=O)C[N+]2(C)CCN(C)CC2)c1O. The molecule has 0 aliphatic carbocycles. The van der Waals surface area contributed by atoms with E-state index in [9.17, 15) is 14.7 Å². The number of phenols is 1. The first-order valence-electron chi connectivity index (χ1n) is 7.70. The topological polar surface area (TPSA) is 81.7 Å². The zero-order valence-corrected chi connectivity index (χ0v) is 13.9. The lowest BCUT2D eigenvalue weighted by atomic mass is 10.2. The number of hydrogen-bond donors (Lipinski definition) is 3. The van der Waals surface area contributed by atoms with E-state index < -0.39 is 0 Å². The summed E-state index contributed by atoms with van der Waals surface area (Å²) in [4.78, 5) is 25.7. The van der Waals surface area contributed by atoms with Crippen LogP contribution in [-0.4, -0.2) is 73.1 Å². The Kier molecular flexibility index (Phi) is 5.23. The van der Waals surface area contributed by atoms with E-state index in [0.717, 1.165) is 26.2 Å². The van der Waals surface area contributed by atoms with Gasteiger partial charge in [-0.05, 0) is 19.2 Å². The monoisotopic (exact) mass is 321 g/mol. The van der Waals surface area contributed by atoms with E-state index in [2.05, 4.69) is 29.6 Å². The molecule has 0 spiro atoms. The van der Waals surface area contributed by atoms with Gasteiger partial charge in [-0.3, -0.25) is 14.5 Å². The molecule has 3 N–H and O–H groups in total. The summed E-state index contributed by atoms with van der Waals surface area (Å²) in [6.45, 7) is 5.49. The first-order valence-corrected chi connectivity index (χ1v) is 7.70. The third-order valence-corrected chi connectivity index (χ3v) is 4.19. The minimum Gasteiger partial charge on any atom is -0.504 e. The number of carbonyl (C=O) groups is 2. The smallest absolute Gasteiger partial charge is 0.279 e. The van der Waals surface area contributed by atoms with Gasteiger partial charge >= 0.3 is 0 Å². The Hall–Kier alpha value is -2.12. The minimum absolute atomic E-state index is 0.128. The number of quaternary nitrogens is 1. The van der Waals surface area contributed by atoms with Crippen molar-refractivity contribution in [2.45, 2.75) is 6.92 Å². The number of amides is 2. The van der Waals surface area contributed by atoms with Gasteiger partial charge in [0.2, 0.25) is 5.91 Å². The van der Waals surface area contributed by atoms with E-state index >= 15 is 0 Å². The molecule has 1 aliphatic heterocycles. The third-order valence-electron chi connectivity index (χ3n) is 4.19. The van der Waals surface area contributed by atoms with E-state index in [-0.39, 0.29) is 23.3 Å². The van der Waals surface area contributed by atoms with Crippen LogP contribution < -0.4 is 10.6 Å². The lowest BCUT2D eigenvalue weighted by molar-refractivity contribution is -0.905. The minimum atomic E-state index is -0.278. The Bertz CT molecular complexity index is 595. The van der Waals surface area contributed by atoms with Crippen molar-refractivity contribution >= 4 is 23.2 Å². The number of phenolic OH excluding ortho intramolecular Hbond substituents is 1. The molecule has 1 aromatic carbocycles. The average molecular weight is 321 g/mol. The Balaban J connectivity index is 2.01. The molecule has 1 aromatic rings. The van der Waals surface area contributed by atoms with Gasteiger partial charge in [-0.2, -0.15) is 0 Å². The highest BCUT2D eigenvalue weighted by Gasteiger charge is 2.30. The molecule has 0 atom stereocenters. The van der Waals surface area contributed by atoms with E-state index in [1.54, 1.807) is 18.2 Å². The first-order chi connectivity index (χ1) is 10.8. The standard InChI is InChI=1S/C16H24N4O3/c1-12(21)17-13-5-4-6-14(16(13)23)18-15(22)11-20(3)9-7-19(2)8-10-20/h4-6H,7-11H2,1-3H3,(H2-,17,18,21,22,23)/p+1. The predicted molar refractivity (Wildman–Crippen MR) is 89.3 cm³/mol. The fourth-order valence-electron chi connectivity index (χ4n) is 2.68. The summed E-state index contributed by atoms with van der Waals surface area (Å²) in [6, 6.07) is 4.87. The maximum Gasteiger partial charge on any atom is 0.279 e. The van der Waals surface area contributed by atoms with Crippen LogP contribution in [0.5, 0.6) is 5.75 Å². The number of piperazine rings is 1. The summed E-state index contributed by atoms with van der Waals surface area (Å²) >= 11 is 0. The molecule has 126 valence electrons. The second-order valence-electron chi connectivity index (χ2n) is 6.46. The molecule has 1 fully saturated rings. The molecule has 7 nitrogen and oxygen atoms in total. The number of carbonyl (C=O) groups excluding carboxylic acids is 2. The van der Waals surface area contributed by atoms with Gasteiger partial charge in [0, 0.05) is 20.0 Å². The molecule has 1 saturated heterocycles. The van der Waals surface area contributed by atoms with E-state index in [4.69, 9.17) is 0 Å². The van der Waals surface area contributed by atoms with E-state index in [0.29, 0.717) is 16.7 Å². The van der Waals surface area contributed by atoms with Crippen LogP contribution in [0.1, 0.15) is 6.92 Å². The van der Waals surface area contributed by atoms with Crippen LogP contribution in [0.15, 0.2) is 18.2 Å². The third kappa shape index (κ3) is 4.67. The lowest BCUT2D eigenvalue weighted by Gasteiger charge is -2.40. The zero-order chi connectivity index (χ0) is 17.0. The molecule has 0 saturated carbocycles. The van der Waals surface area contributed by atoms with Crippen LogP contribution in [0.2, 0.25) is 0 Å². The maximum atomic E-state index is 12.3. The van der Waals surface area contributed by atoms with Crippen LogP contribution in [0.4, 0.5) is 11.4 Å². The Labute approximate surface area is 136 Å². The molecule has 2 rings (SSSR count). The van der Waals surface area contributed by atoms with Gasteiger partial charge < -0.3 is 20.2 Å². The number of hydrogen-bond acceptors (Lipinski definition) is 4.